The number of carboxylic acids is 1. The zero-order valence-corrected chi connectivity index (χ0v) is 11.1. The van der Waals surface area contributed by atoms with E-state index in [0.717, 1.165) is 11.3 Å². The molecule has 20 heavy (non-hydrogen) atoms. The number of ether oxygens (including phenoxy) is 1. The summed E-state index contributed by atoms with van der Waals surface area (Å²) < 4.78 is 5.26. The number of nitrogens with one attached hydrogen (secondary N) is 1. The van der Waals surface area contributed by atoms with Gasteiger partial charge in [0.15, 0.2) is 6.61 Å². The Morgan fingerprint density at radius 1 is 1.25 bits per heavy atom. The topological polar surface area (TPSA) is 101 Å². The largest absolute Gasteiger partial charge is 0.484 e. The van der Waals surface area contributed by atoms with Crippen molar-refractivity contribution in [3.8, 4) is 5.75 Å². The van der Waals surface area contributed by atoms with Gasteiger partial charge in [-0.3, -0.25) is 14.9 Å². The van der Waals surface area contributed by atoms with E-state index in [2.05, 4.69) is 15.5 Å². The van der Waals surface area contributed by atoms with Crippen LogP contribution in [0.4, 0.5) is 5.13 Å². The molecule has 0 spiro atoms. The third-order valence-electron chi connectivity index (χ3n) is 2.13. The summed E-state index contributed by atoms with van der Waals surface area (Å²) in [5, 5.41) is 19.0. The lowest BCUT2D eigenvalue weighted by atomic mass is 10.3. The van der Waals surface area contributed by atoms with Crippen molar-refractivity contribution < 1.29 is 19.4 Å². The molecule has 2 N–H and O–H groups in total. The Labute approximate surface area is 118 Å². The van der Waals surface area contributed by atoms with Gasteiger partial charge in [0.05, 0.1) is 6.42 Å². The van der Waals surface area contributed by atoms with Crippen LogP contribution in [-0.4, -0.2) is 33.8 Å². The standard InChI is InChI=1S/C12H11N3O4S/c16-9(7-19-8-4-2-1-3-5-8)13-12-15-14-10(20-12)6-11(17)18/h1-5H,6-7H2,(H,17,18)(H,13,15,16). The molecule has 0 bridgehead atoms. The van der Waals surface area contributed by atoms with E-state index in [-0.39, 0.29) is 24.1 Å². The summed E-state index contributed by atoms with van der Waals surface area (Å²) in [4.78, 5) is 22.1. The number of anilines is 1. The molecule has 1 aromatic carbocycles. The van der Waals surface area contributed by atoms with Gasteiger partial charge in [0.2, 0.25) is 5.13 Å². The Hall–Kier alpha value is -2.48. The van der Waals surface area contributed by atoms with E-state index in [9.17, 15) is 9.59 Å². The van der Waals surface area contributed by atoms with Crippen LogP contribution in [0.3, 0.4) is 0 Å². The summed E-state index contributed by atoms with van der Waals surface area (Å²) in [7, 11) is 0. The van der Waals surface area contributed by atoms with Crippen molar-refractivity contribution in [1.29, 1.82) is 0 Å². The lowest BCUT2D eigenvalue weighted by Gasteiger charge is -2.04. The molecular weight excluding hydrogens is 282 g/mol. The average Bonchev–Trinajstić information content (AvgIpc) is 2.84. The minimum absolute atomic E-state index is 0.155. The molecule has 1 amide bonds. The molecule has 0 aliphatic carbocycles. The summed E-state index contributed by atoms with van der Waals surface area (Å²) in [6.45, 7) is -0.155. The second kappa shape index (κ2) is 6.62. The fourth-order valence-corrected chi connectivity index (χ4v) is 2.07. The van der Waals surface area contributed by atoms with Gasteiger partial charge in [-0.15, -0.1) is 10.2 Å². The number of aromatic nitrogens is 2. The number of aliphatic carboxylic acids is 1. The SMILES string of the molecule is O=C(O)Cc1nnc(NC(=O)COc2ccccc2)s1. The zero-order chi connectivity index (χ0) is 14.4. The first kappa shape index (κ1) is 13.9. The van der Waals surface area contributed by atoms with Gasteiger partial charge in [-0.2, -0.15) is 0 Å². The molecule has 0 radical (unpaired) electrons. The van der Waals surface area contributed by atoms with Crippen molar-refractivity contribution in [2.24, 2.45) is 0 Å². The van der Waals surface area contributed by atoms with Gasteiger partial charge in [0.1, 0.15) is 10.8 Å². The lowest BCUT2D eigenvalue weighted by Crippen LogP contribution is -2.20. The van der Waals surface area contributed by atoms with Gasteiger partial charge in [-0.25, -0.2) is 0 Å². The van der Waals surface area contributed by atoms with Crippen LogP contribution in [0.25, 0.3) is 0 Å². The van der Waals surface area contributed by atoms with Crippen LogP contribution >= 0.6 is 11.3 Å². The molecule has 1 aromatic heterocycles. The van der Waals surface area contributed by atoms with Gasteiger partial charge in [0.25, 0.3) is 5.91 Å². The molecule has 0 fully saturated rings. The summed E-state index contributed by atoms with van der Waals surface area (Å²) in [5.41, 5.74) is 0. The van der Waals surface area contributed by atoms with Crippen LogP contribution in [0.15, 0.2) is 30.3 Å². The molecule has 0 saturated heterocycles. The number of para-hydroxylation sites is 1. The first-order valence-corrected chi connectivity index (χ1v) is 6.47. The van der Waals surface area contributed by atoms with Crippen LogP contribution < -0.4 is 10.1 Å². The molecule has 8 heteroatoms. The number of benzene rings is 1. The monoisotopic (exact) mass is 293 g/mol. The maximum atomic E-state index is 11.6. The molecule has 104 valence electrons. The molecular formula is C12H11N3O4S. The Morgan fingerprint density at radius 2 is 2.00 bits per heavy atom. The van der Waals surface area contributed by atoms with E-state index in [1.54, 1.807) is 24.3 Å². The van der Waals surface area contributed by atoms with Gasteiger partial charge in [-0.05, 0) is 12.1 Å². The highest BCUT2D eigenvalue weighted by molar-refractivity contribution is 7.15. The highest BCUT2D eigenvalue weighted by Crippen LogP contribution is 2.15. The van der Waals surface area contributed by atoms with Gasteiger partial charge in [-0.1, -0.05) is 29.5 Å². The van der Waals surface area contributed by atoms with Crippen molar-refractivity contribution in [3.63, 3.8) is 0 Å². The second-order valence-electron chi connectivity index (χ2n) is 3.72. The Bertz CT molecular complexity index is 600. The molecule has 0 unspecified atom stereocenters. The van der Waals surface area contributed by atoms with E-state index in [1.807, 2.05) is 6.07 Å². The molecule has 0 aliphatic heterocycles. The molecule has 2 rings (SSSR count). The summed E-state index contributed by atoms with van der Waals surface area (Å²) >= 11 is 1.02. The first-order chi connectivity index (χ1) is 9.63. The molecule has 0 aliphatic rings. The predicted molar refractivity (Wildman–Crippen MR) is 71.8 cm³/mol. The number of carbonyl (C=O) groups is 2. The van der Waals surface area contributed by atoms with E-state index in [0.29, 0.717) is 10.8 Å². The number of hydrogen-bond acceptors (Lipinski definition) is 6. The Morgan fingerprint density at radius 3 is 2.70 bits per heavy atom. The number of carbonyl (C=O) groups excluding carboxylic acids is 1. The molecule has 0 saturated carbocycles. The highest BCUT2D eigenvalue weighted by Gasteiger charge is 2.10. The van der Waals surface area contributed by atoms with Crippen molar-refractivity contribution in [3.05, 3.63) is 35.3 Å². The van der Waals surface area contributed by atoms with Crippen LogP contribution in [-0.2, 0) is 16.0 Å². The number of nitrogens with zero attached hydrogens (tertiary/aromatic N) is 2. The van der Waals surface area contributed by atoms with Crippen molar-refractivity contribution in [1.82, 2.24) is 10.2 Å². The quantitative estimate of drug-likeness (QED) is 0.829. The minimum atomic E-state index is -0.994. The van der Waals surface area contributed by atoms with Crippen molar-refractivity contribution in [2.75, 3.05) is 11.9 Å². The third kappa shape index (κ3) is 4.32. The number of carboxylic acid groups (broad SMARTS) is 1. The van der Waals surface area contributed by atoms with E-state index in [4.69, 9.17) is 9.84 Å². The molecule has 7 nitrogen and oxygen atoms in total. The van der Waals surface area contributed by atoms with Crippen molar-refractivity contribution >= 4 is 28.3 Å². The fraction of sp³-hybridized carbons (Fsp3) is 0.167. The summed E-state index contributed by atoms with van der Waals surface area (Å²) in [5.74, 6) is -0.787. The van der Waals surface area contributed by atoms with E-state index >= 15 is 0 Å². The maximum absolute atomic E-state index is 11.6. The van der Waals surface area contributed by atoms with Gasteiger partial charge >= 0.3 is 5.97 Å². The van der Waals surface area contributed by atoms with Crippen molar-refractivity contribution in [2.45, 2.75) is 6.42 Å². The summed E-state index contributed by atoms with van der Waals surface area (Å²) in [6, 6.07) is 8.93. The summed E-state index contributed by atoms with van der Waals surface area (Å²) in [6.07, 6.45) is -0.214. The van der Waals surface area contributed by atoms with Gasteiger partial charge in [0, 0.05) is 0 Å². The fourth-order valence-electron chi connectivity index (χ4n) is 1.33. The Balaban J connectivity index is 1.82. The van der Waals surface area contributed by atoms with Crippen LogP contribution in [0, 0.1) is 0 Å². The van der Waals surface area contributed by atoms with Crippen LogP contribution in [0.5, 0.6) is 5.75 Å². The number of hydrogen-bond donors (Lipinski definition) is 2. The molecule has 0 atom stereocenters. The predicted octanol–water partition coefficient (Wildman–Crippen LogP) is 1.18. The Kier molecular flexibility index (Phi) is 4.61. The second-order valence-corrected chi connectivity index (χ2v) is 4.78. The molecule has 2 aromatic rings. The highest BCUT2D eigenvalue weighted by atomic mass is 32.1. The van der Waals surface area contributed by atoms with E-state index in [1.165, 1.54) is 0 Å². The average molecular weight is 293 g/mol. The van der Waals surface area contributed by atoms with E-state index < -0.39 is 5.97 Å². The lowest BCUT2D eigenvalue weighted by molar-refractivity contribution is -0.136. The first-order valence-electron chi connectivity index (χ1n) is 5.65. The van der Waals surface area contributed by atoms with Crippen LogP contribution in [0.1, 0.15) is 5.01 Å². The molecule has 1 heterocycles. The number of amides is 1. The number of rotatable bonds is 6. The third-order valence-corrected chi connectivity index (χ3v) is 2.97. The maximum Gasteiger partial charge on any atom is 0.310 e. The smallest absolute Gasteiger partial charge is 0.310 e. The minimum Gasteiger partial charge on any atom is -0.484 e. The van der Waals surface area contributed by atoms with Gasteiger partial charge < -0.3 is 9.84 Å². The normalized spacial score (nSPS) is 10.0. The zero-order valence-electron chi connectivity index (χ0n) is 10.3. The van der Waals surface area contributed by atoms with Crippen LogP contribution in [0.2, 0.25) is 0 Å².